The molecule has 28 heavy (non-hydrogen) atoms. The summed E-state index contributed by atoms with van der Waals surface area (Å²) in [7, 11) is 0. The minimum Gasteiger partial charge on any atom is -0.364 e. The minimum atomic E-state index is -4.45. The third-order valence-electron chi connectivity index (χ3n) is 3.78. The highest BCUT2D eigenvalue weighted by molar-refractivity contribution is 7.13. The van der Waals surface area contributed by atoms with Crippen LogP contribution in [0.4, 0.5) is 18.9 Å². The standard InChI is InChI=1S/C17H14F3N5O2S/c1-8-13(14(15(21)27)25-24-8)23-12(26)6-11-7-28-16(22-11)9-3-2-4-10(5-9)17(18,19)20/h2-5,7H,6H2,1H3,(H2,21,27)(H,23,26)(H,24,25). The van der Waals surface area contributed by atoms with Gasteiger partial charge in [-0.2, -0.15) is 18.3 Å². The van der Waals surface area contributed by atoms with Gasteiger partial charge in [0, 0.05) is 10.9 Å². The fraction of sp³-hybridized carbons (Fsp3) is 0.176. The Labute approximate surface area is 160 Å². The van der Waals surface area contributed by atoms with Crippen molar-refractivity contribution in [3.05, 3.63) is 52.3 Å². The number of nitrogens with one attached hydrogen (secondary N) is 2. The number of nitrogens with zero attached hydrogens (tertiary/aromatic N) is 2. The van der Waals surface area contributed by atoms with Gasteiger partial charge in [-0.3, -0.25) is 14.7 Å². The molecule has 0 saturated carbocycles. The summed E-state index contributed by atoms with van der Waals surface area (Å²) >= 11 is 1.13. The van der Waals surface area contributed by atoms with Gasteiger partial charge < -0.3 is 11.1 Å². The van der Waals surface area contributed by atoms with Crippen molar-refractivity contribution in [1.29, 1.82) is 0 Å². The Morgan fingerprint density at radius 3 is 2.75 bits per heavy atom. The average Bonchev–Trinajstić information content (AvgIpc) is 3.22. The Balaban J connectivity index is 1.74. The van der Waals surface area contributed by atoms with E-state index in [1.54, 1.807) is 12.3 Å². The van der Waals surface area contributed by atoms with Gasteiger partial charge in [-0.15, -0.1) is 11.3 Å². The van der Waals surface area contributed by atoms with Gasteiger partial charge in [0.15, 0.2) is 5.69 Å². The maximum absolute atomic E-state index is 12.9. The number of aromatic nitrogens is 3. The van der Waals surface area contributed by atoms with Gasteiger partial charge in [0.25, 0.3) is 5.91 Å². The van der Waals surface area contributed by atoms with E-state index in [9.17, 15) is 22.8 Å². The van der Waals surface area contributed by atoms with Gasteiger partial charge >= 0.3 is 6.18 Å². The number of hydrogen-bond acceptors (Lipinski definition) is 5. The SMILES string of the molecule is Cc1[nH]nc(C(N)=O)c1NC(=O)Cc1csc(-c2cccc(C(F)(F)F)c2)n1. The molecule has 0 aliphatic rings. The number of H-pyrrole nitrogens is 1. The van der Waals surface area contributed by atoms with E-state index in [2.05, 4.69) is 20.5 Å². The Kier molecular flexibility index (Phi) is 5.18. The van der Waals surface area contributed by atoms with E-state index in [1.807, 2.05) is 0 Å². The van der Waals surface area contributed by atoms with Crippen LogP contribution in [-0.2, 0) is 17.4 Å². The van der Waals surface area contributed by atoms with Crippen molar-refractivity contribution in [2.75, 3.05) is 5.32 Å². The molecule has 0 atom stereocenters. The molecule has 2 amide bonds. The topological polar surface area (TPSA) is 114 Å². The van der Waals surface area contributed by atoms with Gasteiger partial charge in [0.05, 0.1) is 29.1 Å². The Hall–Kier alpha value is -3.21. The zero-order valence-electron chi connectivity index (χ0n) is 14.4. The van der Waals surface area contributed by atoms with Gasteiger partial charge in [-0.1, -0.05) is 12.1 Å². The molecule has 2 heterocycles. The summed E-state index contributed by atoms with van der Waals surface area (Å²) in [4.78, 5) is 27.8. The van der Waals surface area contributed by atoms with Crippen LogP contribution in [0, 0.1) is 6.92 Å². The molecule has 1 aromatic carbocycles. The molecular weight excluding hydrogens is 395 g/mol. The van der Waals surface area contributed by atoms with Crippen molar-refractivity contribution in [2.45, 2.75) is 19.5 Å². The number of aryl methyl sites for hydroxylation is 1. The van der Waals surface area contributed by atoms with Crippen LogP contribution >= 0.6 is 11.3 Å². The number of anilines is 1. The fourth-order valence-electron chi connectivity index (χ4n) is 2.46. The quantitative estimate of drug-likeness (QED) is 0.601. The number of thiazole rings is 1. The van der Waals surface area contributed by atoms with E-state index in [1.165, 1.54) is 12.1 Å². The number of halogens is 3. The van der Waals surface area contributed by atoms with Crippen LogP contribution in [0.5, 0.6) is 0 Å². The number of aromatic amines is 1. The van der Waals surface area contributed by atoms with Gasteiger partial charge in [0.2, 0.25) is 5.91 Å². The van der Waals surface area contributed by atoms with Crippen LogP contribution in [0.15, 0.2) is 29.6 Å². The number of carbonyl (C=O) groups excluding carboxylic acids is 2. The predicted molar refractivity (Wildman–Crippen MR) is 96.7 cm³/mol. The molecule has 0 unspecified atom stereocenters. The first-order valence-corrected chi connectivity index (χ1v) is 8.79. The van der Waals surface area contributed by atoms with Crippen molar-refractivity contribution in [3.63, 3.8) is 0 Å². The van der Waals surface area contributed by atoms with Gasteiger partial charge in [0.1, 0.15) is 5.01 Å². The van der Waals surface area contributed by atoms with Crippen LogP contribution in [0.1, 0.15) is 27.4 Å². The summed E-state index contributed by atoms with van der Waals surface area (Å²) in [6.45, 7) is 1.61. The molecule has 0 fully saturated rings. The normalized spacial score (nSPS) is 11.4. The second-order valence-corrected chi connectivity index (χ2v) is 6.74. The van der Waals surface area contributed by atoms with Crippen LogP contribution < -0.4 is 11.1 Å². The van der Waals surface area contributed by atoms with Crippen molar-refractivity contribution in [2.24, 2.45) is 5.73 Å². The number of alkyl halides is 3. The second kappa shape index (κ2) is 7.43. The number of carbonyl (C=O) groups is 2. The lowest BCUT2D eigenvalue weighted by Crippen LogP contribution is -2.19. The molecule has 0 bridgehead atoms. The highest BCUT2D eigenvalue weighted by atomic mass is 32.1. The number of nitrogens with two attached hydrogens (primary N) is 1. The first kappa shape index (κ1) is 19.5. The zero-order valence-corrected chi connectivity index (χ0v) is 15.2. The van der Waals surface area contributed by atoms with Gasteiger partial charge in [-0.05, 0) is 19.1 Å². The molecule has 3 aromatic rings. The predicted octanol–water partition coefficient (Wildman–Crippen LogP) is 3.14. The molecule has 4 N–H and O–H groups in total. The van der Waals surface area contributed by atoms with Crippen molar-refractivity contribution < 1.29 is 22.8 Å². The smallest absolute Gasteiger partial charge is 0.364 e. The van der Waals surface area contributed by atoms with Crippen LogP contribution in [-0.4, -0.2) is 27.0 Å². The number of rotatable bonds is 5. The van der Waals surface area contributed by atoms with E-state index in [4.69, 9.17) is 5.73 Å². The number of amides is 2. The summed E-state index contributed by atoms with van der Waals surface area (Å²) in [5, 5.41) is 10.8. The molecule has 7 nitrogen and oxygen atoms in total. The number of primary amides is 1. The first-order chi connectivity index (χ1) is 13.1. The summed E-state index contributed by atoms with van der Waals surface area (Å²) < 4.78 is 38.6. The van der Waals surface area contributed by atoms with Crippen LogP contribution in [0.25, 0.3) is 10.6 Å². The summed E-state index contributed by atoms with van der Waals surface area (Å²) in [6, 6.07) is 4.82. The minimum absolute atomic E-state index is 0.0891. The van der Waals surface area contributed by atoms with E-state index < -0.39 is 23.6 Å². The second-order valence-electron chi connectivity index (χ2n) is 5.88. The Morgan fingerprint density at radius 2 is 2.07 bits per heavy atom. The molecule has 0 radical (unpaired) electrons. The highest BCUT2D eigenvalue weighted by Gasteiger charge is 2.30. The van der Waals surface area contributed by atoms with Crippen molar-refractivity contribution in [1.82, 2.24) is 15.2 Å². The van der Waals surface area contributed by atoms with E-state index >= 15 is 0 Å². The van der Waals surface area contributed by atoms with E-state index in [0.29, 0.717) is 22.0 Å². The highest BCUT2D eigenvalue weighted by Crippen LogP contribution is 2.33. The molecule has 0 spiro atoms. The van der Waals surface area contributed by atoms with Crippen molar-refractivity contribution in [3.8, 4) is 10.6 Å². The molecular formula is C17H14F3N5O2S. The van der Waals surface area contributed by atoms with E-state index in [-0.39, 0.29) is 17.8 Å². The largest absolute Gasteiger partial charge is 0.416 e. The zero-order chi connectivity index (χ0) is 20.5. The van der Waals surface area contributed by atoms with Crippen molar-refractivity contribution >= 4 is 28.8 Å². The van der Waals surface area contributed by atoms with E-state index in [0.717, 1.165) is 23.5 Å². The molecule has 146 valence electrons. The Morgan fingerprint density at radius 1 is 1.32 bits per heavy atom. The molecule has 3 rings (SSSR count). The lowest BCUT2D eigenvalue weighted by atomic mass is 10.1. The lowest BCUT2D eigenvalue weighted by Gasteiger charge is -2.07. The maximum atomic E-state index is 12.9. The number of benzene rings is 1. The average molecular weight is 409 g/mol. The molecule has 0 aliphatic heterocycles. The summed E-state index contributed by atoms with van der Waals surface area (Å²) in [5.41, 5.74) is 5.69. The lowest BCUT2D eigenvalue weighted by molar-refractivity contribution is -0.137. The van der Waals surface area contributed by atoms with Crippen LogP contribution in [0.3, 0.4) is 0 Å². The Bertz CT molecular complexity index is 1040. The first-order valence-electron chi connectivity index (χ1n) is 7.92. The fourth-order valence-corrected chi connectivity index (χ4v) is 3.27. The molecule has 11 heteroatoms. The molecule has 2 aromatic heterocycles. The maximum Gasteiger partial charge on any atom is 0.416 e. The van der Waals surface area contributed by atoms with Crippen LogP contribution in [0.2, 0.25) is 0 Å². The monoisotopic (exact) mass is 409 g/mol. The third kappa shape index (κ3) is 4.19. The molecule has 0 aliphatic carbocycles. The summed E-state index contributed by atoms with van der Waals surface area (Å²) in [5.74, 6) is -1.26. The molecule has 0 saturated heterocycles. The third-order valence-corrected chi connectivity index (χ3v) is 4.72. The van der Waals surface area contributed by atoms with Gasteiger partial charge in [-0.25, -0.2) is 4.98 Å². The summed E-state index contributed by atoms with van der Waals surface area (Å²) in [6.07, 6.45) is -4.57. The number of hydrogen-bond donors (Lipinski definition) is 3.